The summed E-state index contributed by atoms with van der Waals surface area (Å²) in [6, 6.07) is 9.34. The van der Waals surface area contributed by atoms with Crippen LogP contribution in [-0.2, 0) is 0 Å². The minimum atomic E-state index is -0.566. The number of aromatic amines is 1. The van der Waals surface area contributed by atoms with Gasteiger partial charge in [-0.05, 0) is 42.4 Å². The molecule has 0 saturated carbocycles. The van der Waals surface area contributed by atoms with E-state index in [0.29, 0.717) is 15.6 Å². The van der Waals surface area contributed by atoms with Gasteiger partial charge in [0, 0.05) is 17.0 Å². The van der Waals surface area contributed by atoms with Crippen LogP contribution in [-0.4, -0.2) is 26.0 Å². The highest BCUT2D eigenvalue weighted by Crippen LogP contribution is 2.30. The van der Waals surface area contributed by atoms with Crippen molar-refractivity contribution in [2.45, 2.75) is 23.0 Å². The van der Waals surface area contributed by atoms with Gasteiger partial charge in [0.15, 0.2) is 5.16 Å². The zero-order valence-corrected chi connectivity index (χ0v) is 14.9. The third-order valence-corrected chi connectivity index (χ3v) is 4.70. The van der Waals surface area contributed by atoms with E-state index in [1.54, 1.807) is 19.1 Å². The SMILES string of the molecule is C[C@@H](NC(=O)c1cc([N+](=O)[O-])ccc1Sc1ncn[nH]1)c1ccc(F)cc1. The number of nitrogens with zero attached hydrogens (tertiary/aromatic N) is 3. The van der Waals surface area contributed by atoms with Gasteiger partial charge in [-0.1, -0.05) is 12.1 Å². The van der Waals surface area contributed by atoms with Crippen LogP contribution in [0.1, 0.15) is 28.9 Å². The van der Waals surface area contributed by atoms with Crippen LogP contribution < -0.4 is 5.32 Å². The summed E-state index contributed by atoms with van der Waals surface area (Å²) < 4.78 is 13.1. The van der Waals surface area contributed by atoms with E-state index in [1.165, 1.54) is 36.7 Å². The quantitative estimate of drug-likeness (QED) is 0.494. The maximum Gasteiger partial charge on any atom is 0.270 e. The second kappa shape index (κ2) is 7.96. The number of carbonyl (C=O) groups is 1. The molecule has 0 spiro atoms. The lowest BCUT2D eigenvalue weighted by Gasteiger charge is -2.15. The first-order valence-corrected chi connectivity index (χ1v) is 8.63. The molecule has 10 heteroatoms. The lowest BCUT2D eigenvalue weighted by molar-refractivity contribution is -0.384. The van der Waals surface area contributed by atoms with E-state index in [0.717, 1.165) is 11.8 Å². The van der Waals surface area contributed by atoms with Crippen LogP contribution in [0.15, 0.2) is 58.8 Å². The van der Waals surface area contributed by atoms with Crippen LogP contribution in [0.3, 0.4) is 0 Å². The Kier molecular flexibility index (Phi) is 5.46. The number of nitrogens with one attached hydrogen (secondary N) is 2. The van der Waals surface area contributed by atoms with Crippen molar-refractivity contribution >= 4 is 23.4 Å². The largest absolute Gasteiger partial charge is 0.345 e. The summed E-state index contributed by atoms with van der Waals surface area (Å²) in [5.74, 6) is -0.862. The fourth-order valence-electron chi connectivity index (χ4n) is 2.35. The van der Waals surface area contributed by atoms with E-state index >= 15 is 0 Å². The summed E-state index contributed by atoms with van der Waals surface area (Å²) in [5, 5.41) is 20.7. The number of rotatable bonds is 6. The number of nitro benzene ring substituents is 1. The van der Waals surface area contributed by atoms with Crippen molar-refractivity contribution < 1.29 is 14.1 Å². The first-order chi connectivity index (χ1) is 12.9. The fourth-order valence-corrected chi connectivity index (χ4v) is 3.16. The maximum absolute atomic E-state index is 13.1. The Balaban J connectivity index is 1.87. The fraction of sp³-hybridized carbons (Fsp3) is 0.118. The van der Waals surface area contributed by atoms with Crippen molar-refractivity contribution in [3.63, 3.8) is 0 Å². The highest BCUT2D eigenvalue weighted by molar-refractivity contribution is 7.99. The smallest absolute Gasteiger partial charge is 0.270 e. The molecule has 1 heterocycles. The molecule has 0 saturated heterocycles. The van der Waals surface area contributed by atoms with Crippen LogP contribution in [0.2, 0.25) is 0 Å². The van der Waals surface area contributed by atoms with Crippen LogP contribution in [0.4, 0.5) is 10.1 Å². The Morgan fingerprint density at radius 3 is 2.67 bits per heavy atom. The van der Waals surface area contributed by atoms with Gasteiger partial charge < -0.3 is 5.32 Å². The van der Waals surface area contributed by atoms with Gasteiger partial charge in [-0.15, -0.1) is 0 Å². The van der Waals surface area contributed by atoms with E-state index in [9.17, 15) is 19.3 Å². The molecule has 138 valence electrons. The van der Waals surface area contributed by atoms with Crippen molar-refractivity contribution in [1.82, 2.24) is 20.5 Å². The standard InChI is InChI=1S/C17H14FN5O3S/c1-10(11-2-4-12(18)5-3-11)21-16(24)14-8-13(23(25)26)6-7-15(14)27-17-19-9-20-22-17/h2-10H,1H3,(H,21,24)(H,19,20,22)/t10-/m1/s1. The second-order valence-electron chi connectivity index (χ2n) is 5.58. The van der Waals surface area contributed by atoms with E-state index < -0.39 is 16.9 Å². The van der Waals surface area contributed by atoms with Crippen LogP contribution >= 0.6 is 11.8 Å². The third-order valence-electron chi connectivity index (χ3n) is 3.74. The molecule has 2 aromatic carbocycles. The summed E-state index contributed by atoms with van der Waals surface area (Å²) in [6.45, 7) is 1.74. The average molecular weight is 387 g/mol. The van der Waals surface area contributed by atoms with E-state index in [-0.39, 0.29) is 17.1 Å². The Bertz CT molecular complexity index is 963. The first-order valence-electron chi connectivity index (χ1n) is 7.82. The molecule has 0 fully saturated rings. The number of nitro groups is 1. The third kappa shape index (κ3) is 4.47. The number of halogens is 1. The van der Waals surface area contributed by atoms with Gasteiger partial charge in [-0.2, -0.15) is 5.10 Å². The molecule has 27 heavy (non-hydrogen) atoms. The van der Waals surface area contributed by atoms with Crippen molar-refractivity contribution in [3.05, 3.63) is 75.9 Å². The van der Waals surface area contributed by atoms with Crippen molar-refractivity contribution in [2.75, 3.05) is 0 Å². The summed E-state index contributed by atoms with van der Waals surface area (Å²) in [6.07, 6.45) is 1.32. The molecule has 0 unspecified atom stereocenters. The number of amides is 1. The molecule has 3 rings (SSSR count). The van der Waals surface area contributed by atoms with Crippen molar-refractivity contribution in [3.8, 4) is 0 Å². The molecule has 0 radical (unpaired) electrons. The average Bonchev–Trinajstić information content (AvgIpc) is 3.15. The minimum Gasteiger partial charge on any atom is -0.345 e. The Hall–Kier alpha value is -3.27. The van der Waals surface area contributed by atoms with Gasteiger partial charge in [-0.25, -0.2) is 9.37 Å². The van der Waals surface area contributed by atoms with Gasteiger partial charge in [0.2, 0.25) is 0 Å². The van der Waals surface area contributed by atoms with Gasteiger partial charge >= 0.3 is 0 Å². The number of aromatic nitrogens is 3. The van der Waals surface area contributed by atoms with Gasteiger partial charge in [0.25, 0.3) is 11.6 Å². The van der Waals surface area contributed by atoms with Gasteiger partial charge in [0.05, 0.1) is 16.5 Å². The normalized spacial score (nSPS) is 11.8. The van der Waals surface area contributed by atoms with Crippen molar-refractivity contribution in [2.24, 2.45) is 0 Å². The molecular weight excluding hydrogens is 373 g/mol. The molecule has 1 aromatic heterocycles. The predicted molar refractivity (Wildman–Crippen MR) is 95.9 cm³/mol. The Morgan fingerprint density at radius 2 is 2.04 bits per heavy atom. The number of carbonyl (C=O) groups excluding carboxylic acids is 1. The second-order valence-corrected chi connectivity index (χ2v) is 6.61. The minimum absolute atomic E-state index is 0.138. The summed E-state index contributed by atoms with van der Waals surface area (Å²) in [5.41, 5.74) is 0.649. The molecule has 0 aliphatic rings. The zero-order valence-electron chi connectivity index (χ0n) is 14.0. The van der Waals surface area contributed by atoms with E-state index in [2.05, 4.69) is 20.5 Å². The first kappa shape index (κ1) is 18.5. The number of hydrogen-bond donors (Lipinski definition) is 2. The number of non-ortho nitro benzene ring substituents is 1. The lowest BCUT2D eigenvalue weighted by atomic mass is 10.1. The Labute approximate surface area is 157 Å². The summed E-state index contributed by atoms with van der Waals surface area (Å²) in [4.78, 5) is 27.7. The van der Waals surface area contributed by atoms with E-state index in [1.807, 2.05) is 0 Å². The number of H-pyrrole nitrogens is 1. The van der Waals surface area contributed by atoms with Crippen molar-refractivity contribution in [1.29, 1.82) is 0 Å². The predicted octanol–water partition coefficient (Wildman–Crippen LogP) is 3.49. The molecule has 0 aliphatic heterocycles. The molecule has 0 bridgehead atoms. The van der Waals surface area contributed by atoms with Gasteiger partial charge in [0.1, 0.15) is 12.1 Å². The molecule has 2 N–H and O–H groups in total. The van der Waals surface area contributed by atoms with Crippen LogP contribution in [0.5, 0.6) is 0 Å². The summed E-state index contributed by atoms with van der Waals surface area (Å²) in [7, 11) is 0. The highest BCUT2D eigenvalue weighted by atomic mass is 32.2. The van der Waals surface area contributed by atoms with Gasteiger partial charge in [-0.3, -0.25) is 20.0 Å². The Morgan fingerprint density at radius 1 is 1.30 bits per heavy atom. The number of hydrogen-bond acceptors (Lipinski definition) is 6. The van der Waals surface area contributed by atoms with Crippen LogP contribution in [0.25, 0.3) is 0 Å². The summed E-state index contributed by atoms with van der Waals surface area (Å²) >= 11 is 1.13. The zero-order chi connectivity index (χ0) is 19.4. The highest BCUT2D eigenvalue weighted by Gasteiger charge is 2.20. The maximum atomic E-state index is 13.1. The topological polar surface area (TPSA) is 114 Å². The van der Waals surface area contributed by atoms with E-state index in [4.69, 9.17) is 0 Å². The monoisotopic (exact) mass is 387 g/mol. The molecule has 1 atom stereocenters. The lowest BCUT2D eigenvalue weighted by Crippen LogP contribution is -2.27. The molecule has 8 nitrogen and oxygen atoms in total. The number of benzene rings is 2. The molecule has 1 amide bonds. The van der Waals surface area contributed by atoms with Crippen LogP contribution in [0, 0.1) is 15.9 Å². The molecule has 3 aromatic rings. The molecular formula is C17H14FN5O3S. The molecule has 0 aliphatic carbocycles.